The van der Waals surface area contributed by atoms with E-state index in [1.54, 1.807) is 24.3 Å². The van der Waals surface area contributed by atoms with Crippen LogP contribution in [0.3, 0.4) is 0 Å². The summed E-state index contributed by atoms with van der Waals surface area (Å²) >= 11 is 7.52. The third-order valence-corrected chi connectivity index (χ3v) is 6.23. The van der Waals surface area contributed by atoms with Crippen LogP contribution in [-0.2, 0) is 0 Å². The van der Waals surface area contributed by atoms with E-state index in [9.17, 15) is 9.59 Å². The molecule has 6 nitrogen and oxygen atoms in total. The second kappa shape index (κ2) is 9.38. The Hall–Kier alpha value is -3.42. The lowest BCUT2D eigenvalue weighted by molar-refractivity contribution is 0.102. The summed E-state index contributed by atoms with van der Waals surface area (Å²) in [5.41, 5.74) is 3.67. The Balaban J connectivity index is 1.45. The van der Waals surface area contributed by atoms with Crippen LogP contribution >= 0.6 is 22.9 Å². The number of thiazole rings is 1. The van der Waals surface area contributed by atoms with Crippen LogP contribution in [-0.4, -0.2) is 16.9 Å². The monoisotopic (exact) mass is 464 g/mol. The number of aryl methyl sites for hydroxylation is 1. The molecule has 8 heteroatoms. The number of nitrogens with one attached hydrogen (secondary N) is 3. The number of benzene rings is 3. The van der Waals surface area contributed by atoms with Gasteiger partial charge in [-0.2, -0.15) is 0 Å². The van der Waals surface area contributed by atoms with E-state index in [0.717, 1.165) is 15.8 Å². The summed E-state index contributed by atoms with van der Waals surface area (Å²) in [4.78, 5) is 29.6. The zero-order valence-electron chi connectivity index (χ0n) is 17.5. The molecular formula is C24H21ClN4O2S. The largest absolute Gasteiger partial charge is 0.331 e. The molecule has 0 saturated carbocycles. The van der Waals surface area contributed by atoms with Crippen molar-refractivity contribution in [1.82, 2.24) is 10.3 Å². The van der Waals surface area contributed by atoms with Gasteiger partial charge in [0.1, 0.15) is 0 Å². The minimum absolute atomic E-state index is 0.144. The summed E-state index contributed by atoms with van der Waals surface area (Å²) in [5, 5.41) is 9.48. The fraction of sp³-hybridized carbons (Fsp3) is 0.125. The molecule has 0 aliphatic rings. The second-order valence-corrected chi connectivity index (χ2v) is 8.76. The van der Waals surface area contributed by atoms with Gasteiger partial charge in [-0.1, -0.05) is 65.4 Å². The summed E-state index contributed by atoms with van der Waals surface area (Å²) in [6.45, 7) is 3.80. The number of nitrogens with zero attached hydrogens (tertiary/aromatic N) is 1. The second-order valence-electron chi connectivity index (χ2n) is 7.32. The van der Waals surface area contributed by atoms with Gasteiger partial charge >= 0.3 is 6.03 Å². The Kier molecular flexibility index (Phi) is 6.39. The highest BCUT2D eigenvalue weighted by atomic mass is 35.5. The van der Waals surface area contributed by atoms with Crippen molar-refractivity contribution in [1.29, 1.82) is 0 Å². The van der Waals surface area contributed by atoms with E-state index in [2.05, 4.69) is 20.9 Å². The van der Waals surface area contributed by atoms with E-state index in [1.807, 2.05) is 56.3 Å². The smallest absolute Gasteiger partial charge is 0.321 e. The first-order valence-corrected chi connectivity index (χ1v) is 11.2. The first-order valence-electron chi connectivity index (χ1n) is 10.0. The van der Waals surface area contributed by atoms with Gasteiger partial charge in [0.25, 0.3) is 5.91 Å². The van der Waals surface area contributed by atoms with Crippen LogP contribution in [0.2, 0.25) is 5.02 Å². The molecule has 0 bridgehead atoms. The SMILES string of the molecule is Cc1cccc(Cl)c1NC(=O)c1ccc2nc(NC(=O)NC(C)c3ccccc3)sc2c1. The topological polar surface area (TPSA) is 83.1 Å². The average Bonchev–Trinajstić information content (AvgIpc) is 3.18. The van der Waals surface area contributed by atoms with E-state index in [-0.39, 0.29) is 18.0 Å². The van der Waals surface area contributed by atoms with Gasteiger partial charge in [-0.05, 0) is 49.2 Å². The zero-order valence-corrected chi connectivity index (χ0v) is 19.1. The number of urea groups is 1. The maximum atomic E-state index is 12.7. The summed E-state index contributed by atoms with van der Waals surface area (Å²) in [7, 11) is 0. The van der Waals surface area contributed by atoms with Crippen molar-refractivity contribution in [3.63, 3.8) is 0 Å². The summed E-state index contributed by atoms with van der Waals surface area (Å²) in [6.07, 6.45) is 0. The molecular weight excluding hydrogens is 444 g/mol. The van der Waals surface area contributed by atoms with Crippen LogP contribution in [0.1, 0.15) is 34.5 Å². The van der Waals surface area contributed by atoms with Crippen LogP contribution in [0.15, 0.2) is 66.7 Å². The van der Waals surface area contributed by atoms with Crippen molar-refractivity contribution < 1.29 is 9.59 Å². The molecule has 3 amide bonds. The summed E-state index contributed by atoms with van der Waals surface area (Å²) in [5.74, 6) is -0.263. The van der Waals surface area contributed by atoms with E-state index >= 15 is 0 Å². The lowest BCUT2D eigenvalue weighted by Crippen LogP contribution is -2.31. The third-order valence-electron chi connectivity index (χ3n) is 4.98. The van der Waals surface area contributed by atoms with Gasteiger partial charge in [-0.3, -0.25) is 10.1 Å². The molecule has 1 aromatic heterocycles. The number of aromatic nitrogens is 1. The standard InChI is InChI=1S/C24H21ClN4O2S/c1-14-7-6-10-18(25)21(14)28-22(30)17-11-12-19-20(13-17)32-24(27-19)29-23(31)26-15(2)16-8-4-3-5-9-16/h3-13,15H,1-2H3,(H,28,30)(H2,26,27,29,31). The van der Waals surface area contributed by atoms with Gasteiger partial charge in [0.2, 0.25) is 0 Å². The molecule has 0 saturated heterocycles. The van der Waals surface area contributed by atoms with Gasteiger partial charge in [-0.15, -0.1) is 0 Å². The maximum Gasteiger partial charge on any atom is 0.321 e. The minimum atomic E-state index is -0.340. The zero-order chi connectivity index (χ0) is 22.7. The average molecular weight is 465 g/mol. The number of para-hydroxylation sites is 1. The molecule has 3 aromatic carbocycles. The summed E-state index contributed by atoms with van der Waals surface area (Å²) in [6, 6.07) is 19.9. The normalized spacial score (nSPS) is 11.7. The maximum absolute atomic E-state index is 12.7. The Morgan fingerprint density at radius 3 is 2.53 bits per heavy atom. The quantitative estimate of drug-likeness (QED) is 0.320. The number of fused-ring (bicyclic) bond motifs is 1. The lowest BCUT2D eigenvalue weighted by atomic mass is 10.1. The van der Waals surface area contributed by atoms with Crippen LogP contribution < -0.4 is 16.0 Å². The number of amides is 3. The van der Waals surface area contributed by atoms with E-state index < -0.39 is 0 Å². The van der Waals surface area contributed by atoms with Crippen molar-refractivity contribution in [2.24, 2.45) is 0 Å². The van der Waals surface area contributed by atoms with Crippen LogP contribution in [0.25, 0.3) is 10.2 Å². The van der Waals surface area contributed by atoms with Crippen molar-refractivity contribution in [3.8, 4) is 0 Å². The fourth-order valence-electron chi connectivity index (χ4n) is 3.25. The molecule has 32 heavy (non-hydrogen) atoms. The Morgan fingerprint density at radius 1 is 1.00 bits per heavy atom. The number of hydrogen-bond acceptors (Lipinski definition) is 4. The minimum Gasteiger partial charge on any atom is -0.331 e. The lowest BCUT2D eigenvalue weighted by Gasteiger charge is -2.13. The molecule has 162 valence electrons. The molecule has 0 aliphatic heterocycles. The molecule has 1 heterocycles. The van der Waals surface area contributed by atoms with Crippen LogP contribution in [0, 0.1) is 6.92 Å². The van der Waals surface area contributed by atoms with E-state index in [4.69, 9.17) is 11.6 Å². The molecule has 0 fully saturated rings. The highest BCUT2D eigenvalue weighted by Gasteiger charge is 2.14. The van der Waals surface area contributed by atoms with Crippen molar-refractivity contribution in [3.05, 3.63) is 88.4 Å². The number of carbonyl (C=O) groups excluding carboxylic acids is 2. The molecule has 4 aromatic rings. The number of hydrogen-bond donors (Lipinski definition) is 3. The highest BCUT2D eigenvalue weighted by molar-refractivity contribution is 7.22. The first kappa shape index (κ1) is 21.8. The predicted molar refractivity (Wildman–Crippen MR) is 131 cm³/mol. The van der Waals surface area contributed by atoms with Crippen LogP contribution in [0.4, 0.5) is 15.6 Å². The third kappa shape index (κ3) is 4.90. The number of halogens is 1. The predicted octanol–water partition coefficient (Wildman–Crippen LogP) is 6.39. The van der Waals surface area contributed by atoms with Crippen molar-refractivity contribution >= 4 is 55.9 Å². The van der Waals surface area contributed by atoms with E-state index in [0.29, 0.717) is 26.9 Å². The number of anilines is 2. The molecule has 0 aliphatic carbocycles. The molecule has 4 rings (SSSR count). The van der Waals surface area contributed by atoms with Gasteiger partial charge in [0.15, 0.2) is 5.13 Å². The molecule has 0 radical (unpaired) electrons. The summed E-state index contributed by atoms with van der Waals surface area (Å²) < 4.78 is 0.792. The molecule has 1 atom stereocenters. The molecule has 3 N–H and O–H groups in total. The molecule has 0 spiro atoms. The first-order chi connectivity index (χ1) is 15.4. The molecule has 1 unspecified atom stereocenters. The Morgan fingerprint density at radius 2 is 1.78 bits per heavy atom. The number of rotatable bonds is 5. The van der Waals surface area contributed by atoms with Crippen molar-refractivity contribution in [2.75, 3.05) is 10.6 Å². The van der Waals surface area contributed by atoms with Crippen LogP contribution in [0.5, 0.6) is 0 Å². The number of carbonyl (C=O) groups is 2. The Bertz CT molecular complexity index is 1270. The highest BCUT2D eigenvalue weighted by Crippen LogP contribution is 2.29. The van der Waals surface area contributed by atoms with E-state index in [1.165, 1.54) is 11.3 Å². The van der Waals surface area contributed by atoms with Gasteiger partial charge in [-0.25, -0.2) is 9.78 Å². The fourth-order valence-corrected chi connectivity index (χ4v) is 4.42. The Labute approximate surface area is 194 Å². The van der Waals surface area contributed by atoms with Gasteiger partial charge in [0.05, 0.1) is 27.0 Å². The van der Waals surface area contributed by atoms with Gasteiger partial charge < -0.3 is 10.6 Å². The van der Waals surface area contributed by atoms with Crippen molar-refractivity contribution in [2.45, 2.75) is 19.9 Å². The van der Waals surface area contributed by atoms with Gasteiger partial charge in [0, 0.05) is 5.56 Å².